The van der Waals surface area contributed by atoms with Crippen molar-refractivity contribution in [2.75, 3.05) is 26.2 Å². The largest absolute Gasteiger partial charge is 0.459 e. The van der Waals surface area contributed by atoms with E-state index in [1.54, 1.807) is 12.1 Å². The molecule has 0 atom stereocenters. The van der Waals surface area contributed by atoms with E-state index >= 15 is 0 Å². The van der Waals surface area contributed by atoms with E-state index in [9.17, 15) is 4.79 Å². The number of nitrogens with one attached hydrogen (secondary N) is 1. The number of piperazine rings is 1. The van der Waals surface area contributed by atoms with Crippen molar-refractivity contribution in [1.29, 1.82) is 0 Å². The fourth-order valence-electron chi connectivity index (χ4n) is 3.46. The van der Waals surface area contributed by atoms with E-state index in [-0.39, 0.29) is 29.9 Å². The molecule has 10 heteroatoms. The number of aromatic nitrogens is 3. The molecule has 0 spiro atoms. The zero-order valence-corrected chi connectivity index (χ0v) is 20.6. The normalized spacial score (nSPS) is 14.2. The zero-order chi connectivity index (χ0) is 21.6. The van der Waals surface area contributed by atoms with Gasteiger partial charge in [0.15, 0.2) is 17.5 Å². The van der Waals surface area contributed by atoms with Crippen molar-refractivity contribution in [3.8, 4) is 0 Å². The standard InChI is InChI=1S/C22H27N7O2.HI/c1-17-25-26-20(27(17)2)16-24-22(23-15-18-7-4-3-5-8-18)29-12-10-28(11-13-29)21(30)19-9-6-14-31-19;/h3-9,14H,10-13,15-16H2,1-2H3,(H,23,24);1H. The van der Waals surface area contributed by atoms with Gasteiger partial charge < -0.3 is 24.1 Å². The van der Waals surface area contributed by atoms with Gasteiger partial charge in [0.05, 0.1) is 19.4 Å². The van der Waals surface area contributed by atoms with Crippen LogP contribution >= 0.6 is 24.0 Å². The SMILES string of the molecule is Cc1nnc(CNC(=NCc2ccccc2)N2CCN(C(=O)c3ccco3)CC2)n1C.I. The molecule has 0 saturated carbocycles. The van der Waals surface area contributed by atoms with E-state index in [1.165, 1.54) is 6.26 Å². The van der Waals surface area contributed by atoms with Gasteiger partial charge in [-0.1, -0.05) is 30.3 Å². The molecule has 2 aromatic heterocycles. The molecule has 1 amide bonds. The second kappa shape index (κ2) is 11.1. The molecule has 1 fully saturated rings. The maximum atomic E-state index is 12.5. The molecule has 1 N–H and O–H groups in total. The maximum Gasteiger partial charge on any atom is 0.289 e. The summed E-state index contributed by atoms with van der Waals surface area (Å²) in [6.45, 7) is 5.61. The highest BCUT2D eigenvalue weighted by molar-refractivity contribution is 14.0. The van der Waals surface area contributed by atoms with Gasteiger partial charge in [-0.15, -0.1) is 34.2 Å². The van der Waals surface area contributed by atoms with Crippen molar-refractivity contribution in [3.63, 3.8) is 0 Å². The fraction of sp³-hybridized carbons (Fsp3) is 0.364. The second-order valence-corrected chi connectivity index (χ2v) is 7.46. The predicted molar refractivity (Wildman–Crippen MR) is 132 cm³/mol. The van der Waals surface area contributed by atoms with E-state index in [0.29, 0.717) is 45.0 Å². The van der Waals surface area contributed by atoms with Gasteiger partial charge >= 0.3 is 0 Å². The number of hydrogen-bond donors (Lipinski definition) is 1. The number of carbonyl (C=O) groups is 1. The van der Waals surface area contributed by atoms with E-state index in [0.717, 1.165) is 23.2 Å². The van der Waals surface area contributed by atoms with Crippen molar-refractivity contribution in [2.45, 2.75) is 20.0 Å². The Labute approximate surface area is 204 Å². The lowest BCUT2D eigenvalue weighted by Gasteiger charge is -2.36. The molecule has 0 aliphatic carbocycles. The first kappa shape index (κ1) is 23.8. The van der Waals surface area contributed by atoms with Gasteiger partial charge in [-0.05, 0) is 24.6 Å². The summed E-state index contributed by atoms with van der Waals surface area (Å²) in [5.41, 5.74) is 1.14. The van der Waals surface area contributed by atoms with E-state index in [1.807, 2.05) is 41.6 Å². The Hall–Kier alpha value is -2.89. The molecule has 1 aliphatic rings. The van der Waals surface area contributed by atoms with Crippen LogP contribution in [0, 0.1) is 6.92 Å². The van der Waals surface area contributed by atoms with Crippen molar-refractivity contribution in [1.82, 2.24) is 29.9 Å². The summed E-state index contributed by atoms with van der Waals surface area (Å²) in [7, 11) is 1.95. The van der Waals surface area contributed by atoms with E-state index in [2.05, 4.69) is 32.5 Å². The minimum absolute atomic E-state index is 0. The first-order chi connectivity index (χ1) is 15.1. The monoisotopic (exact) mass is 549 g/mol. The average molecular weight is 549 g/mol. The van der Waals surface area contributed by atoms with Crippen LogP contribution in [-0.2, 0) is 20.1 Å². The summed E-state index contributed by atoms with van der Waals surface area (Å²) in [6.07, 6.45) is 1.52. The Morgan fingerprint density at radius 1 is 1.06 bits per heavy atom. The number of furan rings is 1. The highest BCUT2D eigenvalue weighted by Gasteiger charge is 2.25. The number of aryl methyl sites for hydroxylation is 1. The first-order valence-electron chi connectivity index (χ1n) is 10.4. The highest BCUT2D eigenvalue weighted by Crippen LogP contribution is 2.11. The highest BCUT2D eigenvalue weighted by atomic mass is 127. The molecule has 0 bridgehead atoms. The lowest BCUT2D eigenvalue weighted by atomic mass is 10.2. The number of amides is 1. The number of carbonyl (C=O) groups excluding carboxylic acids is 1. The molecule has 0 unspecified atom stereocenters. The smallest absolute Gasteiger partial charge is 0.289 e. The quantitative estimate of drug-likeness (QED) is 0.299. The van der Waals surface area contributed by atoms with Gasteiger partial charge in [0, 0.05) is 33.2 Å². The third kappa shape index (κ3) is 5.67. The number of rotatable bonds is 5. The molecule has 170 valence electrons. The Bertz CT molecular complexity index is 1030. The van der Waals surface area contributed by atoms with Crippen molar-refractivity contribution < 1.29 is 9.21 Å². The van der Waals surface area contributed by atoms with Crippen molar-refractivity contribution >= 4 is 35.8 Å². The van der Waals surface area contributed by atoms with E-state index in [4.69, 9.17) is 9.41 Å². The zero-order valence-electron chi connectivity index (χ0n) is 18.3. The minimum Gasteiger partial charge on any atom is -0.459 e. The number of benzene rings is 1. The molecule has 32 heavy (non-hydrogen) atoms. The van der Waals surface area contributed by atoms with Crippen LogP contribution in [0.1, 0.15) is 27.8 Å². The lowest BCUT2D eigenvalue weighted by Crippen LogP contribution is -2.53. The van der Waals surface area contributed by atoms with Gasteiger partial charge in [0.2, 0.25) is 0 Å². The van der Waals surface area contributed by atoms with E-state index < -0.39 is 0 Å². The molecular weight excluding hydrogens is 521 g/mol. The number of hydrogen-bond acceptors (Lipinski definition) is 5. The van der Waals surface area contributed by atoms with Crippen LogP contribution in [0.15, 0.2) is 58.1 Å². The molecule has 1 saturated heterocycles. The predicted octanol–water partition coefficient (Wildman–Crippen LogP) is 2.44. The summed E-state index contributed by atoms with van der Waals surface area (Å²) in [5.74, 6) is 2.81. The maximum absolute atomic E-state index is 12.5. The minimum atomic E-state index is -0.0741. The molecule has 3 heterocycles. The van der Waals surface area contributed by atoms with Crippen LogP contribution in [0.2, 0.25) is 0 Å². The van der Waals surface area contributed by atoms with Crippen molar-refractivity contribution in [2.24, 2.45) is 12.0 Å². The van der Waals surface area contributed by atoms with Crippen LogP contribution in [0.25, 0.3) is 0 Å². The Kier molecular flexibility index (Phi) is 8.26. The van der Waals surface area contributed by atoms with Gasteiger partial charge in [0.25, 0.3) is 5.91 Å². The van der Waals surface area contributed by atoms with Crippen molar-refractivity contribution in [3.05, 3.63) is 71.7 Å². The third-order valence-corrected chi connectivity index (χ3v) is 5.44. The molecule has 9 nitrogen and oxygen atoms in total. The summed E-state index contributed by atoms with van der Waals surface area (Å²) >= 11 is 0. The number of halogens is 1. The van der Waals surface area contributed by atoms with Crippen LogP contribution in [0.3, 0.4) is 0 Å². The molecular formula is C22H28IN7O2. The Balaban J connectivity index is 0.00000289. The van der Waals surface area contributed by atoms with Crippen LogP contribution in [-0.4, -0.2) is 62.6 Å². The Morgan fingerprint density at radius 3 is 2.41 bits per heavy atom. The van der Waals surface area contributed by atoms with Gasteiger partial charge in [-0.2, -0.15) is 0 Å². The van der Waals surface area contributed by atoms with Gasteiger partial charge in [-0.25, -0.2) is 4.99 Å². The topological polar surface area (TPSA) is 91.8 Å². The summed E-state index contributed by atoms with van der Waals surface area (Å²) in [4.78, 5) is 21.4. The number of aliphatic imine (C=N–C) groups is 1. The summed E-state index contributed by atoms with van der Waals surface area (Å²) < 4.78 is 7.22. The van der Waals surface area contributed by atoms with Gasteiger partial charge in [-0.3, -0.25) is 4.79 Å². The van der Waals surface area contributed by atoms with Crippen LogP contribution in [0.4, 0.5) is 0 Å². The summed E-state index contributed by atoms with van der Waals surface area (Å²) in [6, 6.07) is 13.6. The molecule has 1 aliphatic heterocycles. The molecule has 4 rings (SSSR count). The lowest BCUT2D eigenvalue weighted by molar-refractivity contribution is 0.0657. The third-order valence-electron chi connectivity index (χ3n) is 5.44. The van der Waals surface area contributed by atoms with Crippen LogP contribution in [0.5, 0.6) is 0 Å². The second-order valence-electron chi connectivity index (χ2n) is 7.46. The summed E-state index contributed by atoms with van der Waals surface area (Å²) in [5, 5.41) is 11.8. The van der Waals surface area contributed by atoms with Crippen LogP contribution < -0.4 is 5.32 Å². The first-order valence-corrected chi connectivity index (χ1v) is 10.4. The average Bonchev–Trinajstić information content (AvgIpc) is 3.45. The fourth-order valence-corrected chi connectivity index (χ4v) is 3.46. The van der Waals surface area contributed by atoms with Gasteiger partial charge in [0.1, 0.15) is 5.82 Å². The molecule has 1 aromatic carbocycles. The Morgan fingerprint density at radius 2 is 1.78 bits per heavy atom. The number of nitrogens with zero attached hydrogens (tertiary/aromatic N) is 6. The molecule has 3 aromatic rings. The molecule has 0 radical (unpaired) electrons. The number of guanidine groups is 1.